The van der Waals surface area contributed by atoms with E-state index in [4.69, 9.17) is 0 Å². The molecule has 2 fully saturated rings. The molecule has 5 heteroatoms. The molecule has 1 amide bonds. The number of nitrogens with zero attached hydrogens (tertiary/aromatic N) is 3. The third kappa shape index (κ3) is 2.11. The average molecular weight is 275 g/mol. The molecule has 3 heterocycles. The van der Waals surface area contributed by atoms with Gasteiger partial charge in [0, 0.05) is 38.3 Å². The summed E-state index contributed by atoms with van der Waals surface area (Å²) in [5.74, 6) is 1.24. The monoisotopic (exact) mass is 275 g/mol. The lowest BCUT2D eigenvalue weighted by Crippen LogP contribution is -2.44. The van der Waals surface area contributed by atoms with E-state index in [0.29, 0.717) is 5.92 Å². The van der Waals surface area contributed by atoms with Crippen molar-refractivity contribution in [3.8, 4) is 0 Å². The molecule has 20 heavy (non-hydrogen) atoms. The molecule has 0 aliphatic carbocycles. The smallest absolute Gasteiger partial charge is 0.407 e. The molecule has 2 saturated heterocycles. The summed E-state index contributed by atoms with van der Waals surface area (Å²) < 4.78 is 0. The number of amides is 1. The summed E-state index contributed by atoms with van der Waals surface area (Å²) in [6.45, 7) is 0. The van der Waals surface area contributed by atoms with Crippen molar-refractivity contribution in [3.63, 3.8) is 0 Å². The topological polar surface area (TPSA) is 56.7 Å². The first-order valence-corrected chi connectivity index (χ1v) is 7.22. The number of carboxylic acid groups (broad SMARTS) is 1. The zero-order valence-electron chi connectivity index (χ0n) is 12.0. The minimum atomic E-state index is -0.764. The number of carbonyl (C=O) groups is 1. The zero-order chi connectivity index (χ0) is 14.3. The van der Waals surface area contributed by atoms with Gasteiger partial charge in [-0.1, -0.05) is 6.07 Å². The van der Waals surface area contributed by atoms with E-state index < -0.39 is 6.09 Å². The van der Waals surface area contributed by atoms with Gasteiger partial charge in [0.1, 0.15) is 5.82 Å². The van der Waals surface area contributed by atoms with Crippen LogP contribution in [-0.4, -0.2) is 47.3 Å². The van der Waals surface area contributed by atoms with Crippen LogP contribution >= 0.6 is 0 Å². The SMILES string of the molecule is CN(C)c1ccc(C2CC3CCCC2N3C(=O)O)cn1. The second-order valence-electron chi connectivity index (χ2n) is 6.03. The molecular weight excluding hydrogens is 254 g/mol. The maximum atomic E-state index is 11.4. The molecule has 2 aliphatic rings. The van der Waals surface area contributed by atoms with Gasteiger partial charge < -0.3 is 14.9 Å². The summed E-state index contributed by atoms with van der Waals surface area (Å²) in [5.41, 5.74) is 1.18. The molecule has 0 spiro atoms. The fraction of sp³-hybridized carbons (Fsp3) is 0.600. The summed E-state index contributed by atoms with van der Waals surface area (Å²) in [6, 6.07) is 4.46. The number of piperidine rings is 1. The predicted molar refractivity (Wildman–Crippen MR) is 77.2 cm³/mol. The highest BCUT2D eigenvalue weighted by Crippen LogP contribution is 2.44. The number of fused-ring (bicyclic) bond motifs is 2. The first-order chi connectivity index (χ1) is 9.58. The van der Waals surface area contributed by atoms with Gasteiger partial charge in [-0.05, 0) is 37.3 Å². The predicted octanol–water partition coefficient (Wildman–Crippen LogP) is 2.54. The molecule has 2 aliphatic heterocycles. The third-order valence-corrected chi connectivity index (χ3v) is 4.66. The number of rotatable bonds is 2. The Morgan fingerprint density at radius 3 is 2.75 bits per heavy atom. The molecule has 0 aromatic carbocycles. The van der Waals surface area contributed by atoms with E-state index in [0.717, 1.165) is 31.5 Å². The van der Waals surface area contributed by atoms with E-state index in [2.05, 4.69) is 11.1 Å². The van der Waals surface area contributed by atoms with Gasteiger partial charge in [-0.25, -0.2) is 9.78 Å². The average Bonchev–Trinajstić information content (AvgIpc) is 2.66. The van der Waals surface area contributed by atoms with E-state index in [9.17, 15) is 9.90 Å². The Bertz CT molecular complexity index is 500. The second kappa shape index (κ2) is 4.96. The van der Waals surface area contributed by atoms with E-state index in [1.807, 2.05) is 31.3 Å². The van der Waals surface area contributed by atoms with Crippen molar-refractivity contribution in [2.24, 2.45) is 0 Å². The van der Waals surface area contributed by atoms with Crippen molar-refractivity contribution in [2.75, 3.05) is 19.0 Å². The number of aromatic nitrogens is 1. The van der Waals surface area contributed by atoms with Crippen LogP contribution in [0.25, 0.3) is 0 Å². The molecule has 5 nitrogen and oxygen atoms in total. The van der Waals surface area contributed by atoms with Crippen LogP contribution < -0.4 is 4.90 Å². The van der Waals surface area contributed by atoms with Crippen molar-refractivity contribution in [2.45, 2.75) is 43.7 Å². The van der Waals surface area contributed by atoms with E-state index in [1.54, 1.807) is 4.90 Å². The molecule has 1 aromatic heterocycles. The summed E-state index contributed by atoms with van der Waals surface area (Å²) in [4.78, 5) is 19.6. The van der Waals surface area contributed by atoms with Crippen LogP contribution in [0.4, 0.5) is 10.6 Å². The fourth-order valence-corrected chi connectivity index (χ4v) is 3.73. The van der Waals surface area contributed by atoms with Gasteiger partial charge in [0.2, 0.25) is 0 Å². The van der Waals surface area contributed by atoms with Gasteiger partial charge in [-0.3, -0.25) is 0 Å². The van der Waals surface area contributed by atoms with Crippen LogP contribution in [0.3, 0.4) is 0 Å². The molecule has 1 N–H and O–H groups in total. The largest absolute Gasteiger partial charge is 0.465 e. The molecule has 1 aromatic rings. The van der Waals surface area contributed by atoms with Crippen LogP contribution in [0.15, 0.2) is 18.3 Å². The van der Waals surface area contributed by atoms with Crippen LogP contribution in [0.2, 0.25) is 0 Å². The zero-order valence-corrected chi connectivity index (χ0v) is 12.0. The lowest BCUT2D eigenvalue weighted by atomic mass is 9.91. The third-order valence-electron chi connectivity index (χ3n) is 4.66. The summed E-state index contributed by atoms with van der Waals surface area (Å²) in [5, 5.41) is 9.40. The molecular formula is C15H21N3O2. The van der Waals surface area contributed by atoms with Crippen LogP contribution in [0.1, 0.15) is 37.2 Å². The van der Waals surface area contributed by atoms with Crippen molar-refractivity contribution in [3.05, 3.63) is 23.9 Å². The Morgan fingerprint density at radius 1 is 1.40 bits per heavy atom. The first kappa shape index (κ1) is 13.2. The van der Waals surface area contributed by atoms with Crippen molar-refractivity contribution in [1.29, 1.82) is 0 Å². The lowest BCUT2D eigenvalue weighted by Gasteiger charge is -2.33. The Balaban J connectivity index is 1.85. The minimum absolute atomic E-state index is 0.137. The highest BCUT2D eigenvalue weighted by atomic mass is 16.4. The number of anilines is 1. The van der Waals surface area contributed by atoms with Crippen molar-refractivity contribution >= 4 is 11.9 Å². The first-order valence-electron chi connectivity index (χ1n) is 7.22. The summed E-state index contributed by atoms with van der Waals surface area (Å²) in [7, 11) is 3.94. The van der Waals surface area contributed by atoms with E-state index in [1.165, 1.54) is 5.56 Å². The maximum Gasteiger partial charge on any atom is 0.407 e. The molecule has 108 valence electrons. The summed E-state index contributed by atoms with van der Waals surface area (Å²) in [6.07, 6.45) is 5.21. The Kier molecular flexibility index (Phi) is 3.28. The highest BCUT2D eigenvalue weighted by molar-refractivity contribution is 5.67. The molecule has 3 atom stereocenters. The lowest BCUT2D eigenvalue weighted by molar-refractivity contribution is 0.101. The van der Waals surface area contributed by atoms with E-state index >= 15 is 0 Å². The number of pyridine rings is 1. The Hall–Kier alpha value is -1.78. The van der Waals surface area contributed by atoms with Gasteiger partial charge in [0.15, 0.2) is 0 Å². The Labute approximate surface area is 119 Å². The quantitative estimate of drug-likeness (QED) is 0.901. The normalized spacial score (nSPS) is 28.5. The molecule has 0 saturated carbocycles. The maximum absolute atomic E-state index is 11.4. The van der Waals surface area contributed by atoms with Gasteiger partial charge in [0.25, 0.3) is 0 Å². The number of hydrogen-bond donors (Lipinski definition) is 1. The molecule has 0 radical (unpaired) electrons. The Morgan fingerprint density at radius 2 is 2.20 bits per heavy atom. The van der Waals surface area contributed by atoms with Gasteiger partial charge >= 0.3 is 6.09 Å². The van der Waals surface area contributed by atoms with Crippen LogP contribution in [-0.2, 0) is 0 Å². The molecule has 3 unspecified atom stereocenters. The summed E-state index contributed by atoms with van der Waals surface area (Å²) >= 11 is 0. The standard InChI is InChI=1S/C15H21N3O2/c1-17(2)14-7-6-10(9-16-14)12-8-11-4-3-5-13(12)18(11)15(19)20/h6-7,9,11-13H,3-5,8H2,1-2H3,(H,19,20). The van der Waals surface area contributed by atoms with E-state index in [-0.39, 0.29) is 12.1 Å². The van der Waals surface area contributed by atoms with Crippen LogP contribution in [0.5, 0.6) is 0 Å². The number of hydrogen-bond acceptors (Lipinski definition) is 3. The van der Waals surface area contributed by atoms with Crippen molar-refractivity contribution in [1.82, 2.24) is 9.88 Å². The van der Waals surface area contributed by atoms with Gasteiger partial charge in [-0.2, -0.15) is 0 Å². The minimum Gasteiger partial charge on any atom is -0.465 e. The fourth-order valence-electron chi connectivity index (χ4n) is 3.73. The highest BCUT2D eigenvalue weighted by Gasteiger charge is 2.46. The second-order valence-corrected chi connectivity index (χ2v) is 6.03. The van der Waals surface area contributed by atoms with Gasteiger partial charge in [-0.15, -0.1) is 0 Å². The van der Waals surface area contributed by atoms with Gasteiger partial charge in [0.05, 0.1) is 0 Å². The van der Waals surface area contributed by atoms with Crippen LogP contribution in [0, 0.1) is 0 Å². The molecule has 2 bridgehead atoms. The molecule has 3 rings (SSSR count). The van der Waals surface area contributed by atoms with Crippen molar-refractivity contribution < 1.29 is 9.90 Å².